The van der Waals surface area contributed by atoms with Crippen molar-refractivity contribution in [1.82, 2.24) is 19.5 Å². The van der Waals surface area contributed by atoms with Crippen molar-refractivity contribution in [3.8, 4) is 11.6 Å². The summed E-state index contributed by atoms with van der Waals surface area (Å²) >= 11 is 0. The van der Waals surface area contributed by atoms with Crippen LogP contribution in [0.5, 0.6) is 5.75 Å². The number of nitrogens with one attached hydrogen (secondary N) is 2. The van der Waals surface area contributed by atoms with Crippen molar-refractivity contribution >= 4 is 27.2 Å². The number of hydrogen-bond donors (Lipinski definition) is 2. The molecule has 164 valence electrons. The Hall–Kier alpha value is -3.99. The fraction of sp³-hybridized carbons (Fsp3) is 0.0952. The molecule has 0 atom stereocenters. The first kappa shape index (κ1) is 21.2. The van der Waals surface area contributed by atoms with E-state index in [0.29, 0.717) is 28.8 Å². The summed E-state index contributed by atoms with van der Waals surface area (Å²) in [7, 11) is -2.66. The molecule has 4 aromatic rings. The monoisotopic (exact) mass is 454 g/mol. The summed E-state index contributed by atoms with van der Waals surface area (Å²) in [4.78, 5) is 12.6. The van der Waals surface area contributed by atoms with Gasteiger partial charge in [0.15, 0.2) is 11.6 Å². The summed E-state index contributed by atoms with van der Waals surface area (Å²) in [6.45, 7) is 1.78. The quantitative estimate of drug-likeness (QED) is 0.438. The van der Waals surface area contributed by atoms with Crippen molar-refractivity contribution in [3.05, 3.63) is 78.9 Å². The van der Waals surface area contributed by atoms with Gasteiger partial charge in [-0.05, 0) is 49.4 Å². The molecule has 0 unspecified atom stereocenters. The van der Waals surface area contributed by atoms with E-state index in [0.717, 1.165) is 6.07 Å². The van der Waals surface area contributed by atoms with Gasteiger partial charge in [0.05, 0.1) is 12.0 Å². The maximum absolute atomic E-state index is 13.9. The zero-order valence-corrected chi connectivity index (χ0v) is 18.0. The predicted octanol–water partition coefficient (Wildman–Crippen LogP) is 3.66. The lowest BCUT2D eigenvalue weighted by Crippen LogP contribution is -2.13. The number of sulfonamides is 1. The molecular weight excluding hydrogens is 435 g/mol. The van der Waals surface area contributed by atoms with Gasteiger partial charge in [-0.25, -0.2) is 27.8 Å². The van der Waals surface area contributed by atoms with E-state index in [-0.39, 0.29) is 10.6 Å². The van der Waals surface area contributed by atoms with Crippen molar-refractivity contribution in [1.29, 1.82) is 0 Å². The largest absolute Gasteiger partial charge is 0.494 e. The summed E-state index contributed by atoms with van der Waals surface area (Å²) < 4.78 is 48.0. The molecule has 0 radical (unpaired) electrons. The lowest BCUT2D eigenvalue weighted by molar-refractivity contribution is 0.385. The average molecular weight is 454 g/mol. The third kappa shape index (κ3) is 4.67. The van der Waals surface area contributed by atoms with E-state index in [1.165, 1.54) is 19.2 Å². The molecule has 0 spiro atoms. The van der Waals surface area contributed by atoms with E-state index < -0.39 is 15.8 Å². The number of hydrogen-bond acceptors (Lipinski definition) is 7. The van der Waals surface area contributed by atoms with E-state index in [4.69, 9.17) is 4.74 Å². The van der Waals surface area contributed by atoms with Crippen molar-refractivity contribution < 1.29 is 17.5 Å². The fourth-order valence-electron chi connectivity index (χ4n) is 2.94. The topological polar surface area (TPSA) is 111 Å². The highest BCUT2D eigenvalue weighted by Gasteiger charge is 2.17. The van der Waals surface area contributed by atoms with Gasteiger partial charge in [0.2, 0.25) is 0 Å². The molecule has 0 saturated carbocycles. The second kappa shape index (κ2) is 8.63. The Morgan fingerprint density at radius 1 is 1.03 bits per heavy atom. The first-order chi connectivity index (χ1) is 15.3. The van der Waals surface area contributed by atoms with Crippen molar-refractivity contribution in [3.63, 3.8) is 0 Å². The molecule has 0 saturated heterocycles. The Morgan fingerprint density at radius 2 is 1.78 bits per heavy atom. The number of ether oxygens (including phenoxy) is 1. The molecular formula is C21H19FN6O3S. The predicted molar refractivity (Wildman–Crippen MR) is 117 cm³/mol. The minimum absolute atomic E-state index is 0.0319. The first-order valence-electron chi connectivity index (χ1n) is 9.41. The zero-order chi connectivity index (χ0) is 22.7. The van der Waals surface area contributed by atoms with E-state index in [1.807, 2.05) is 0 Å². The first-order valence-corrected chi connectivity index (χ1v) is 10.9. The van der Waals surface area contributed by atoms with Crippen LogP contribution in [-0.2, 0) is 10.0 Å². The summed E-state index contributed by atoms with van der Waals surface area (Å²) in [6.07, 6.45) is 5.08. The highest BCUT2D eigenvalue weighted by molar-refractivity contribution is 7.92. The second-order valence-electron chi connectivity index (χ2n) is 6.73. The van der Waals surface area contributed by atoms with E-state index >= 15 is 0 Å². The SMILES string of the molecule is COc1ccc(S(=O)(=O)Nc2ccc(Nc3cc(-n4ccnc4)nc(C)n3)cc2)cc1F. The van der Waals surface area contributed by atoms with Crippen LogP contribution < -0.4 is 14.8 Å². The van der Waals surface area contributed by atoms with Gasteiger partial charge in [0, 0.05) is 29.8 Å². The van der Waals surface area contributed by atoms with Crippen LogP contribution >= 0.6 is 0 Å². The van der Waals surface area contributed by atoms with Gasteiger partial charge in [-0.3, -0.25) is 9.29 Å². The van der Waals surface area contributed by atoms with Crippen molar-refractivity contribution in [2.45, 2.75) is 11.8 Å². The van der Waals surface area contributed by atoms with Crippen LogP contribution in [-0.4, -0.2) is 35.0 Å². The van der Waals surface area contributed by atoms with Crippen molar-refractivity contribution in [2.75, 3.05) is 17.1 Å². The highest BCUT2D eigenvalue weighted by atomic mass is 32.2. The summed E-state index contributed by atoms with van der Waals surface area (Å²) in [5.74, 6) is 1.02. The van der Waals surface area contributed by atoms with Crippen LogP contribution in [0.2, 0.25) is 0 Å². The number of methoxy groups -OCH3 is 1. The lowest BCUT2D eigenvalue weighted by Gasteiger charge is -2.11. The van der Waals surface area contributed by atoms with Crippen LogP contribution in [0.4, 0.5) is 21.6 Å². The standard InChI is InChI=1S/C21H19FN6O3S/c1-14-24-20(12-21(25-14)28-10-9-23-13-28)26-15-3-5-16(6-4-15)27-32(29,30)17-7-8-19(31-2)18(22)11-17/h3-13,27H,1-2H3,(H,24,25,26). The molecule has 9 nitrogen and oxygen atoms in total. The van der Waals surface area contributed by atoms with Crippen LogP contribution in [0, 0.1) is 12.7 Å². The number of benzene rings is 2. The molecule has 0 bridgehead atoms. The normalized spacial score (nSPS) is 11.2. The molecule has 0 amide bonds. The molecule has 2 N–H and O–H groups in total. The number of halogens is 1. The molecule has 4 rings (SSSR count). The van der Waals surface area contributed by atoms with Gasteiger partial charge in [-0.15, -0.1) is 0 Å². The number of nitrogens with zero attached hydrogens (tertiary/aromatic N) is 4. The Balaban J connectivity index is 1.50. The van der Waals surface area contributed by atoms with Gasteiger partial charge in [-0.2, -0.15) is 0 Å². The third-order valence-electron chi connectivity index (χ3n) is 4.44. The van der Waals surface area contributed by atoms with Crippen LogP contribution in [0.3, 0.4) is 0 Å². The number of imidazole rings is 1. The van der Waals surface area contributed by atoms with Gasteiger partial charge in [0.25, 0.3) is 10.0 Å². The van der Waals surface area contributed by atoms with Crippen LogP contribution in [0.1, 0.15) is 5.82 Å². The van der Waals surface area contributed by atoms with Crippen LogP contribution in [0.15, 0.2) is 72.1 Å². The molecule has 0 aliphatic heterocycles. The van der Waals surface area contributed by atoms with Gasteiger partial charge in [-0.1, -0.05) is 0 Å². The summed E-state index contributed by atoms with van der Waals surface area (Å²) in [5.41, 5.74) is 1.02. The number of aromatic nitrogens is 4. The smallest absolute Gasteiger partial charge is 0.262 e. The zero-order valence-electron chi connectivity index (χ0n) is 17.2. The fourth-order valence-corrected chi connectivity index (χ4v) is 4.01. The second-order valence-corrected chi connectivity index (χ2v) is 8.42. The maximum Gasteiger partial charge on any atom is 0.262 e. The summed E-state index contributed by atoms with van der Waals surface area (Å²) in [6, 6.07) is 11.8. The van der Waals surface area contributed by atoms with Gasteiger partial charge >= 0.3 is 0 Å². The van der Waals surface area contributed by atoms with E-state index in [2.05, 4.69) is 25.0 Å². The van der Waals surface area contributed by atoms with E-state index in [9.17, 15) is 12.8 Å². The molecule has 0 aliphatic rings. The molecule has 0 aliphatic carbocycles. The minimum Gasteiger partial charge on any atom is -0.494 e. The molecule has 2 aromatic heterocycles. The Kier molecular flexibility index (Phi) is 5.73. The van der Waals surface area contributed by atoms with Crippen molar-refractivity contribution in [2.24, 2.45) is 0 Å². The van der Waals surface area contributed by atoms with Gasteiger partial charge < -0.3 is 10.1 Å². The average Bonchev–Trinajstić information content (AvgIpc) is 3.29. The number of rotatable bonds is 7. The lowest BCUT2D eigenvalue weighted by atomic mass is 10.3. The van der Waals surface area contributed by atoms with Gasteiger partial charge in [0.1, 0.15) is 23.8 Å². The molecule has 11 heteroatoms. The Labute approximate surface area is 184 Å². The maximum atomic E-state index is 13.9. The van der Waals surface area contributed by atoms with Crippen LogP contribution in [0.25, 0.3) is 5.82 Å². The Morgan fingerprint density at radius 3 is 2.44 bits per heavy atom. The summed E-state index contributed by atoms with van der Waals surface area (Å²) in [5, 5.41) is 3.16. The number of anilines is 3. The minimum atomic E-state index is -3.96. The molecule has 2 heterocycles. The number of aryl methyl sites for hydroxylation is 1. The third-order valence-corrected chi connectivity index (χ3v) is 5.82. The highest BCUT2D eigenvalue weighted by Crippen LogP contribution is 2.24. The van der Waals surface area contributed by atoms with E-state index in [1.54, 1.807) is 60.5 Å². The molecule has 2 aromatic carbocycles. The molecule has 32 heavy (non-hydrogen) atoms. The Bertz CT molecular complexity index is 1340. The molecule has 0 fully saturated rings.